The molecule has 0 aromatic carbocycles. The van der Waals surface area contributed by atoms with E-state index in [-0.39, 0.29) is 22.0 Å². The fraction of sp³-hybridized carbons (Fsp3) is 1.00. The summed E-state index contributed by atoms with van der Waals surface area (Å²) < 4.78 is 21.1. The molecule has 266 valence electrons. The Morgan fingerprint density at radius 3 is 1.05 bits per heavy atom. The van der Waals surface area contributed by atoms with Crippen LogP contribution in [0.25, 0.3) is 0 Å². The first-order valence-electron chi connectivity index (χ1n) is 17.9. The Morgan fingerprint density at radius 2 is 0.773 bits per heavy atom. The highest BCUT2D eigenvalue weighted by atomic mass is 28.4. The topological polar surface area (TPSA) is 27.7 Å². The van der Waals surface area contributed by atoms with Gasteiger partial charge in [0.25, 0.3) is 0 Å². The van der Waals surface area contributed by atoms with Crippen LogP contribution in [0, 0.1) is 10.8 Å². The van der Waals surface area contributed by atoms with Crippen molar-refractivity contribution in [3.05, 3.63) is 0 Å². The van der Waals surface area contributed by atoms with E-state index < -0.39 is 49.2 Å². The monoisotopic (exact) mass is 721 g/mol. The second kappa shape index (κ2) is 14.6. The molecule has 0 aliphatic carbocycles. The van der Waals surface area contributed by atoms with Crippen molar-refractivity contribution in [3.63, 3.8) is 0 Å². The zero-order valence-corrected chi connectivity index (χ0v) is 40.9. The lowest BCUT2D eigenvalue weighted by Gasteiger charge is -2.55. The zero-order valence-electron chi connectivity index (χ0n) is 34.9. The van der Waals surface area contributed by atoms with Gasteiger partial charge in [0.1, 0.15) is 0 Å². The summed E-state index contributed by atoms with van der Waals surface area (Å²) in [6.07, 6.45) is 3.40. The van der Waals surface area contributed by atoms with Crippen LogP contribution in [0.15, 0.2) is 0 Å². The van der Waals surface area contributed by atoms with Crippen LogP contribution < -0.4 is 0 Å². The van der Waals surface area contributed by atoms with Gasteiger partial charge in [-0.3, -0.25) is 0 Å². The van der Waals surface area contributed by atoms with Crippen LogP contribution in [-0.2, 0) is 13.3 Å². The van der Waals surface area contributed by atoms with E-state index in [4.69, 9.17) is 13.3 Å². The van der Waals surface area contributed by atoms with Gasteiger partial charge in [0, 0.05) is 22.4 Å². The Balaban J connectivity index is 5.98. The predicted octanol–water partition coefficient (Wildman–Crippen LogP) is 13.0. The normalized spacial score (nSPS) is 19.4. The van der Waals surface area contributed by atoms with Crippen molar-refractivity contribution < 1.29 is 13.3 Å². The van der Waals surface area contributed by atoms with Crippen molar-refractivity contribution >= 4 is 49.2 Å². The highest BCUT2D eigenvalue weighted by Gasteiger charge is 2.53. The van der Waals surface area contributed by atoms with Crippen LogP contribution >= 0.6 is 0 Å². The van der Waals surface area contributed by atoms with E-state index in [1.54, 1.807) is 0 Å². The van der Waals surface area contributed by atoms with Crippen LogP contribution in [-0.4, -0.2) is 66.6 Å². The van der Waals surface area contributed by atoms with Crippen LogP contribution in [0.2, 0.25) is 128 Å². The molecule has 3 nitrogen and oxygen atoms in total. The molecule has 44 heavy (non-hydrogen) atoms. The molecule has 4 atom stereocenters. The lowest BCUT2D eigenvalue weighted by Crippen LogP contribution is -2.56. The quantitative estimate of drug-likeness (QED) is 0.124. The van der Waals surface area contributed by atoms with Gasteiger partial charge >= 0.3 is 0 Å². The summed E-state index contributed by atoms with van der Waals surface area (Å²) in [6, 6.07) is 2.49. The number of rotatable bonds is 19. The molecule has 0 aliphatic heterocycles. The maximum Gasteiger partial charge on any atom is 0.186 e. The highest BCUT2D eigenvalue weighted by Crippen LogP contribution is 2.54. The van der Waals surface area contributed by atoms with Gasteiger partial charge in [-0.25, -0.2) is 0 Å². The summed E-state index contributed by atoms with van der Waals surface area (Å²) in [4.78, 5) is 0. The molecule has 0 aliphatic rings. The molecule has 0 bridgehead atoms. The second-order valence-corrected chi connectivity index (χ2v) is 51.2. The van der Waals surface area contributed by atoms with Gasteiger partial charge in [-0.05, 0) is 121 Å². The summed E-state index contributed by atoms with van der Waals surface area (Å²) in [7, 11) is -9.63. The third-order valence-corrected chi connectivity index (χ3v) is 25.7. The maximum absolute atomic E-state index is 7.09. The summed E-state index contributed by atoms with van der Waals surface area (Å²) in [5, 5.41) is 0. The van der Waals surface area contributed by atoms with E-state index >= 15 is 0 Å². The molecule has 9 heteroatoms. The molecule has 0 rings (SSSR count). The largest absolute Gasteiger partial charge is 0.421 e. The van der Waals surface area contributed by atoms with Gasteiger partial charge in [-0.1, -0.05) is 86.1 Å². The summed E-state index contributed by atoms with van der Waals surface area (Å²) in [5.74, 6) is 0. The van der Waals surface area contributed by atoms with Crippen molar-refractivity contribution in [2.24, 2.45) is 10.8 Å². The molecule has 0 N–H and O–H groups in total. The number of hydrogen-bond acceptors (Lipinski definition) is 3. The minimum Gasteiger partial charge on any atom is -0.421 e. The van der Waals surface area contributed by atoms with Crippen molar-refractivity contribution in [2.75, 3.05) is 6.23 Å². The molecular formula is C35H84O3Si6. The molecular weight excluding hydrogens is 637 g/mol. The van der Waals surface area contributed by atoms with Crippen molar-refractivity contribution in [1.82, 2.24) is 0 Å². The molecule has 0 aromatic heterocycles. The van der Waals surface area contributed by atoms with Crippen molar-refractivity contribution in [3.8, 4) is 0 Å². The Morgan fingerprint density at radius 1 is 0.477 bits per heavy atom. The average molecular weight is 722 g/mol. The molecule has 0 spiro atoms. The molecule has 0 saturated heterocycles. The first-order valence-corrected chi connectivity index (χ1v) is 38.4. The lowest BCUT2D eigenvalue weighted by atomic mass is 9.71. The Hall–Kier alpha value is 1.18. The predicted molar refractivity (Wildman–Crippen MR) is 219 cm³/mol. The fourth-order valence-corrected chi connectivity index (χ4v) is 21.5. The van der Waals surface area contributed by atoms with Crippen LogP contribution in [0.3, 0.4) is 0 Å². The number of hydrogen-bond donors (Lipinski definition) is 0. The molecule has 0 saturated carbocycles. The van der Waals surface area contributed by atoms with Gasteiger partial charge in [-0.15, -0.1) is 0 Å². The SMILES string of the molecule is CC(C(C)(CC[Si](C)(C)OC[Si](C)(C)CC[C@@](C)(C(C)[Si](C)(C)C)C(C)(C)O[Si](C)(C)C)C(C)(C)O[Si](C)(C)C)[Si](C)(C)C. The zero-order chi connectivity index (χ0) is 35.8. The molecule has 0 fully saturated rings. The van der Waals surface area contributed by atoms with Gasteiger partial charge in [0.15, 0.2) is 25.0 Å². The second-order valence-electron chi connectivity index (χ2n) is 21.7. The minimum absolute atomic E-state index is 0.120. The average Bonchev–Trinajstić information content (AvgIpc) is 2.74. The lowest BCUT2D eigenvalue weighted by molar-refractivity contribution is -0.0357. The van der Waals surface area contributed by atoms with Crippen molar-refractivity contribution in [2.45, 2.75) is 207 Å². The van der Waals surface area contributed by atoms with E-state index in [9.17, 15) is 0 Å². The summed E-state index contributed by atoms with van der Waals surface area (Å²) in [6.45, 7) is 59.2. The fourth-order valence-electron chi connectivity index (χ4n) is 7.45. The molecule has 0 aromatic rings. The third-order valence-electron chi connectivity index (χ3n) is 11.8. The first-order chi connectivity index (χ1) is 18.8. The summed E-state index contributed by atoms with van der Waals surface area (Å²) in [5.41, 5.74) is 1.30. The van der Waals surface area contributed by atoms with Gasteiger partial charge < -0.3 is 13.3 Å². The maximum atomic E-state index is 7.09. The molecule has 0 amide bonds. The highest BCUT2D eigenvalue weighted by molar-refractivity contribution is 6.80. The standard InChI is InChI=1S/C35H84O3Si6/c1-30(39(9,10)11)34(7,32(3,4)37-41(15,16)17)25-27-43(21,22)29-36-44(23,24)28-26-35(8,31(2)40(12,13)14)33(5,6)38-42(18,19)20/h30-31H,25-29H2,1-24H3/t30?,31?,34-,35?/m0/s1. The van der Waals surface area contributed by atoms with Crippen LogP contribution in [0.1, 0.15) is 68.2 Å². The Kier molecular flexibility index (Phi) is 15.0. The third kappa shape index (κ3) is 13.2. The summed E-state index contributed by atoms with van der Waals surface area (Å²) >= 11 is 0. The smallest absolute Gasteiger partial charge is 0.186 e. The van der Waals surface area contributed by atoms with Crippen LogP contribution in [0.4, 0.5) is 0 Å². The van der Waals surface area contributed by atoms with E-state index in [1.165, 1.54) is 24.9 Å². The van der Waals surface area contributed by atoms with Gasteiger partial charge in [0.05, 0.1) is 19.3 Å². The Bertz CT molecular complexity index is 831. The molecule has 0 radical (unpaired) electrons. The van der Waals surface area contributed by atoms with Gasteiger partial charge in [-0.2, -0.15) is 0 Å². The first kappa shape index (κ1) is 45.2. The molecule has 0 heterocycles. The Labute approximate surface area is 285 Å². The minimum atomic E-state index is -1.87. The van der Waals surface area contributed by atoms with Gasteiger partial charge in [0.2, 0.25) is 0 Å². The van der Waals surface area contributed by atoms with Crippen LogP contribution in [0.5, 0.6) is 0 Å². The van der Waals surface area contributed by atoms with E-state index in [0.717, 1.165) is 6.23 Å². The van der Waals surface area contributed by atoms with Crippen molar-refractivity contribution in [1.29, 1.82) is 0 Å². The van der Waals surface area contributed by atoms with E-state index in [1.807, 2.05) is 0 Å². The molecule has 3 unspecified atom stereocenters. The van der Waals surface area contributed by atoms with E-state index in [2.05, 4.69) is 160 Å². The van der Waals surface area contributed by atoms with E-state index in [0.29, 0.717) is 11.1 Å².